The van der Waals surface area contributed by atoms with Crippen molar-refractivity contribution in [3.63, 3.8) is 0 Å². The molecule has 1 unspecified atom stereocenters. The topological polar surface area (TPSA) is 95.5 Å². The molecule has 0 radical (unpaired) electrons. The molecule has 2 amide bonds. The van der Waals surface area contributed by atoms with Crippen molar-refractivity contribution in [1.29, 1.82) is 0 Å². The van der Waals surface area contributed by atoms with Gasteiger partial charge in [0.25, 0.3) is 0 Å². The van der Waals surface area contributed by atoms with E-state index in [2.05, 4.69) is 10.6 Å². The van der Waals surface area contributed by atoms with Crippen LogP contribution in [0.2, 0.25) is 0 Å². The molecule has 0 aliphatic heterocycles. The number of Topliss-reactive ketones (excluding diaryl/α,β-unsaturated/α-hetero) is 1. The minimum absolute atomic E-state index is 0.204. The van der Waals surface area contributed by atoms with Crippen molar-refractivity contribution < 1.29 is 19.5 Å². The van der Waals surface area contributed by atoms with Gasteiger partial charge >= 0.3 is 12.0 Å². The van der Waals surface area contributed by atoms with Gasteiger partial charge in [0.05, 0.1) is 0 Å². The maximum absolute atomic E-state index is 11.6. The van der Waals surface area contributed by atoms with Crippen LogP contribution in [-0.2, 0) is 16.1 Å². The van der Waals surface area contributed by atoms with Gasteiger partial charge in [-0.25, -0.2) is 9.59 Å². The zero-order valence-electron chi connectivity index (χ0n) is 11.3. The highest BCUT2D eigenvalue weighted by Crippen LogP contribution is 1.99. The van der Waals surface area contributed by atoms with Crippen LogP contribution >= 0.6 is 0 Å². The lowest BCUT2D eigenvalue weighted by Crippen LogP contribution is -2.46. The van der Waals surface area contributed by atoms with Gasteiger partial charge in [0.1, 0.15) is 11.8 Å². The predicted octanol–water partition coefficient (Wildman–Crippen LogP) is 1.31. The molecule has 0 saturated carbocycles. The molecular weight excluding hydrogens is 260 g/mol. The van der Waals surface area contributed by atoms with Gasteiger partial charge in [-0.2, -0.15) is 0 Å². The lowest BCUT2D eigenvalue weighted by Gasteiger charge is -2.14. The Kier molecular flexibility index (Phi) is 6.22. The molecule has 0 saturated heterocycles. The standard InChI is InChI=1S/C14H18N2O4/c1-2-11(17)8-12(13(18)19)16-14(20)15-9-10-6-4-3-5-7-10/h3-7,12H,2,8-9H2,1H3,(H,18,19)(H2,15,16,20). The number of ketones is 1. The van der Waals surface area contributed by atoms with E-state index in [0.717, 1.165) is 5.56 Å². The number of carboxylic acid groups (broad SMARTS) is 1. The van der Waals surface area contributed by atoms with Crippen LogP contribution in [0.3, 0.4) is 0 Å². The fourth-order valence-corrected chi connectivity index (χ4v) is 1.56. The van der Waals surface area contributed by atoms with Gasteiger partial charge in [0.2, 0.25) is 0 Å². The van der Waals surface area contributed by atoms with Crippen LogP contribution in [-0.4, -0.2) is 28.9 Å². The second-order valence-electron chi connectivity index (χ2n) is 4.30. The number of urea groups is 1. The highest BCUT2D eigenvalue weighted by molar-refractivity contribution is 5.88. The SMILES string of the molecule is CCC(=O)CC(NC(=O)NCc1ccccc1)C(=O)O. The zero-order chi connectivity index (χ0) is 15.0. The van der Waals surface area contributed by atoms with E-state index in [4.69, 9.17) is 5.11 Å². The molecule has 1 aromatic carbocycles. The number of nitrogens with one attached hydrogen (secondary N) is 2. The van der Waals surface area contributed by atoms with Crippen LogP contribution in [0.5, 0.6) is 0 Å². The summed E-state index contributed by atoms with van der Waals surface area (Å²) in [6, 6.07) is 7.43. The minimum Gasteiger partial charge on any atom is -0.480 e. The minimum atomic E-state index is -1.22. The van der Waals surface area contributed by atoms with E-state index in [1.807, 2.05) is 30.3 Å². The summed E-state index contributed by atoms with van der Waals surface area (Å²) in [6.07, 6.45) is 0.0433. The Morgan fingerprint density at radius 1 is 1.20 bits per heavy atom. The first-order chi connectivity index (χ1) is 9.52. The van der Waals surface area contributed by atoms with Gasteiger partial charge in [-0.3, -0.25) is 4.79 Å². The zero-order valence-corrected chi connectivity index (χ0v) is 11.3. The normalized spacial score (nSPS) is 11.4. The molecule has 1 rings (SSSR count). The Morgan fingerprint density at radius 3 is 2.40 bits per heavy atom. The molecule has 6 heteroatoms. The summed E-state index contributed by atoms with van der Waals surface area (Å²) >= 11 is 0. The van der Waals surface area contributed by atoms with E-state index < -0.39 is 18.0 Å². The molecule has 0 aromatic heterocycles. The largest absolute Gasteiger partial charge is 0.480 e. The molecule has 20 heavy (non-hydrogen) atoms. The molecule has 0 aliphatic rings. The molecule has 6 nitrogen and oxygen atoms in total. The number of aliphatic carboxylic acids is 1. The predicted molar refractivity (Wildman–Crippen MR) is 73.2 cm³/mol. The van der Waals surface area contributed by atoms with Gasteiger partial charge in [-0.05, 0) is 5.56 Å². The molecule has 0 aliphatic carbocycles. The van der Waals surface area contributed by atoms with Gasteiger partial charge < -0.3 is 15.7 Å². The fourth-order valence-electron chi connectivity index (χ4n) is 1.56. The second kappa shape index (κ2) is 7.93. The maximum Gasteiger partial charge on any atom is 0.326 e. The molecule has 0 bridgehead atoms. The van der Waals surface area contributed by atoms with E-state index in [1.54, 1.807) is 6.92 Å². The van der Waals surface area contributed by atoms with Crippen molar-refractivity contribution in [3.05, 3.63) is 35.9 Å². The molecule has 1 atom stereocenters. The van der Waals surface area contributed by atoms with Crippen LogP contribution in [0.1, 0.15) is 25.3 Å². The number of amides is 2. The summed E-state index contributed by atoms with van der Waals surface area (Å²) in [5.41, 5.74) is 0.902. The fraction of sp³-hybridized carbons (Fsp3) is 0.357. The van der Waals surface area contributed by atoms with Crippen molar-refractivity contribution in [1.82, 2.24) is 10.6 Å². The van der Waals surface area contributed by atoms with Crippen LogP contribution in [0.25, 0.3) is 0 Å². The van der Waals surface area contributed by atoms with Crippen molar-refractivity contribution in [2.24, 2.45) is 0 Å². The Bertz CT molecular complexity index is 473. The number of benzene rings is 1. The van der Waals surface area contributed by atoms with Gasteiger partial charge in [-0.1, -0.05) is 37.3 Å². The third-order valence-electron chi connectivity index (χ3n) is 2.73. The maximum atomic E-state index is 11.6. The van der Waals surface area contributed by atoms with Crippen molar-refractivity contribution in [2.75, 3.05) is 0 Å². The van der Waals surface area contributed by atoms with E-state index in [9.17, 15) is 14.4 Å². The Hall–Kier alpha value is -2.37. The van der Waals surface area contributed by atoms with Crippen molar-refractivity contribution in [3.8, 4) is 0 Å². The molecule has 108 valence electrons. The van der Waals surface area contributed by atoms with E-state index in [-0.39, 0.29) is 18.6 Å². The Morgan fingerprint density at radius 2 is 1.85 bits per heavy atom. The number of hydrogen-bond acceptors (Lipinski definition) is 3. The molecule has 0 spiro atoms. The second-order valence-corrected chi connectivity index (χ2v) is 4.30. The van der Waals surface area contributed by atoms with E-state index in [0.29, 0.717) is 6.54 Å². The molecule has 3 N–H and O–H groups in total. The Balaban J connectivity index is 2.46. The van der Waals surface area contributed by atoms with Crippen molar-refractivity contribution in [2.45, 2.75) is 32.4 Å². The van der Waals surface area contributed by atoms with Crippen LogP contribution in [0.15, 0.2) is 30.3 Å². The highest BCUT2D eigenvalue weighted by atomic mass is 16.4. The number of hydrogen-bond donors (Lipinski definition) is 3. The van der Waals surface area contributed by atoms with E-state index >= 15 is 0 Å². The number of carboxylic acids is 1. The summed E-state index contributed by atoms with van der Waals surface area (Å²) in [5, 5.41) is 13.8. The van der Waals surface area contributed by atoms with Crippen LogP contribution < -0.4 is 10.6 Å². The molecular formula is C14H18N2O4. The molecule has 0 heterocycles. The smallest absolute Gasteiger partial charge is 0.326 e. The van der Waals surface area contributed by atoms with Crippen LogP contribution in [0.4, 0.5) is 4.79 Å². The number of carbonyl (C=O) groups is 3. The summed E-state index contributed by atoms with van der Waals surface area (Å²) < 4.78 is 0. The van der Waals surface area contributed by atoms with Crippen molar-refractivity contribution >= 4 is 17.8 Å². The van der Waals surface area contributed by atoms with E-state index in [1.165, 1.54) is 0 Å². The first-order valence-electron chi connectivity index (χ1n) is 6.35. The first kappa shape index (κ1) is 15.7. The average Bonchev–Trinajstić information content (AvgIpc) is 2.45. The summed E-state index contributed by atoms with van der Waals surface area (Å²) in [5.74, 6) is -1.43. The third kappa shape index (κ3) is 5.51. The number of rotatable bonds is 7. The monoisotopic (exact) mass is 278 g/mol. The summed E-state index contributed by atoms with van der Waals surface area (Å²) in [6.45, 7) is 1.94. The van der Waals surface area contributed by atoms with Gasteiger partial charge in [0.15, 0.2) is 0 Å². The summed E-state index contributed by atoms with van der Waals surface area (Å²) in [4.78, 5) is 33.8. The first-order valence-corrected chi connectivity index (χ1v) is 6.35. The molecule has 1 aromatic rings. The molecule has 0 fully saturated rings. The lowest BCUT2D eigenvalue weighted by molar-refractivity contribution is -0.140. The van der Waals surface area contributed by atoms with Crippen LogP contribution in [0, 0.1) is 0 Å². The van der Waals surface area contributed by atoms with Gasteiger partial charge in [0, 0.05) is 19.4 Å². The number of carbonyl (C=O) groups excluding carboxylic acids is 2. The average molecular weight is 278 g/mol. The Labute approximate surface area is 117 Å². The summed E-state index contributed by atoms with van der Waals surface area (Å²) in [7, 11) is 0. The van der Waals surface area contributed by atoms with Gasteiger partial charge in [-0.15, -0.1) is 0 Å². The highest BCUT2D eigenvalue weighted by Gasteiger charge is 2.22. The third-order valence-corrected chi connectivity index (χ3v) is 2.73. The lowest BCUT2D eigenvalue weighted by atomic mass is 10.1. The quantitative estimate of drug-likeness (QED) is 0.700.